The van der Waals surface area contributed by atoms with Crippen molar-refractivity contribution in [2.75, 3.05) is 6.54 Å². The number of urea groups is 1. The molecule has 0 heterocycles. The van der Waals surface area contributed by atoms with E-state index < -0.39 is 29.8 Å². The van der Waals surface area contributed by atoms with E-state index in [9.17, 15) is 14.4 Å². The van der Waals surface area contributed by atoms with Crippen LogP contribution in [-0.2, 0) is 16.1 Å². The summed E-state index contributed by atoms with van der Waals surface area (Å²) in [6.07, 6.45) is -0.584. The molecule has 1 rings (SSSR count). The minimum Gasteiger partial charge on any atom is -0.481 e. The van der Waals surface area contributed by atoms with E-state index in [1.165, 1.54) is 6.92 Å². The molecule has 0 aliphatic heterocycles. The third-order valence-electron chi connectivity index (χ3n) is 3.06. The first-order valence-electron chi connectivity index (χ1n) is 6.44. The first kappa shape index (κ1) is 17.8. The number of carboxylic acids is 2. The molecule has 0 radical (unpaired) electrons. The first-order chi connectivity index (χ1) is 10.2. The monoisotopic (exact) mass is 328 g/mol. The Morgan fingerprint density at radius 3 is 2.23 bits per heavy atom. The normalized spacial score (nSPS) is 13.0. The molecule has 1 unspecified atom stereocenters. The van der Waals surface area contributed by atoms with Gasteiger partial charge in [0.05, 0.1) is 11.8 Å². The summed E-state index contributed by atoms with van der Waals surface area (Å²) < 4.78 is 0. The number of halogens is 1. The zero-order valence-corrected chi connectivity index (χ0v) is 12.7. The Kier molecular flexibility index (Phi) is 6.18. The zero-order chi connectivity index (χ0) is 16.8. The van der Waals surface area contributed by atoms with Crippen molar-refractivity contribution in [3.05, 3.63) is 34.9 Å². The molecule has 0 aliphatic carbocycles. The van der Waals surface area contributed by atoms with E-state index in [0.717, 1.165) is 5.56 Å². The van der Waals surface area contributed by atoms with Crippen molar-refractivity contribution in [1.29, 1.82) is 0 Å². The lowest BCUT2D eigenvalue weighted by atomic mass is 9.87. The van der Waals surface area contributed by atoms with Gasteiger partial charge in [0.25, 0.3) is 0 Å². The Hall–Kier alpha value is -2.28. The summed E-state index contributed by atoms with van der Waals surface area (Å²) in [6, 6.07) is 6.28. The molecule has 4 N–H and O–H groups in total. The maximum atomic E-state index is 11.6. The second-order valence-corrected chi connectivity index (χ2v) is 5.54. The summed E-state index contributed by atoms with van der Waals surface area (Å²) >= 11 is 5.74. The van der Waals surface area contributed by atoms with E-state index in [1.807, 2.05) is 0 Å². The molecule has 1 aromatic carbocycles. The van der Waals surface area contributed by atoms with Gasteiger partial charge in [-0.2, -0.15) is 0 Å². The Labute approximate surface area is 132 Å². The van der Waals surface area contributed by atoms with E-state index in [-0.39, 0.29) is 13.1 Å². The fourth-order valence-corrected chi connectivity index (χ4v) is 1.80. The Morgan fingerprint density at radius 2 is 1.73 bits per heavy atom. The van der Waals surface area contributed by atoms with Crippen molar-refractivity contribution in [3.8, 4) is 0 Å². The van der Waals surface area contributed by atoms with Gasteiger partial charge in [0.15, 0.2) is 0 Å². The number of hydrogen-bond donors (Lipinski definition) is 4. The maximum absolute atomic E-state index is 11.6. The van der Waals surface area contributed by atoms with Gasteiger partial charge in [0.1, 0.15) is 0 Å². The summed E-state index contributed by atoms with van der Waals surface area (Å²) in [5.41, 5.74) is -0.741. The highest BCUT2D eigenvalue weighted by Gasteiger charge is 2.36. The number of hydrogen-bond acceptors (Lipinski definition) is 3. The molecule has 1 atom stereocenters. The van der Waals surface area contributed by atoms with Crippen molar-refractivity contribution >= 4 is 29.6 Å². The largest absolute Gasteiger partial charge is 0.481 e. The molecule has 2 amide bonds. The van der Waals surface area contributed by atoms with Crippen molar-refractivity contribution in [1.82, 2.24) is 10.6 Å². The van der Waals surface area contributed by atoms with E-state index in [4.69, 9.17) is 21.8 Å². The lowest BCUT2D eigenvalue weighted by Crippen LogP contribution is -2.45. The molecule has 0 saturated carbocycles. The van der Waals surface area contributed by atoms with E-state index in [1.54, 1.807) is 24.3 Å². The topological polar surface area (TPSA) is 116 Å². The van der Waals surface area contributed by atoms with Crippen LogP contribution in [-0.4, -0.2) is 34.7 Å². The number of nitrogens with one attached hydrogen (secondary N) is 2. The summed E-state index contributed by atoms with van der Waals surface area (Å²) in [5, 5.41) is 23.3. The van der Waals surface area contributed by atoms with Gasteiger partial charge in [-0.15, -0.1) is 0 Å². The van der Waals surface area contributed by atoms with Crippen LogP contribution in [0.1, 0.15) is 18.9 Å². The highest BCUT2D eigenvalue weighted by molar-refractivity contribution is 6.30. The van der Waals surface area contributed by atoms with E-state index in [2.05, 4.69) is 10.6 Å². The molecule has 22 heavy (non-hydrogen) atoms. The summed E-state index contributed by atoms with van der Waals surface area (Å²) in [5.74, 6) is -2.53. The first-order valence-corrected chi connectivity index (χ1v) is 6.82. The second-order valence-electron chi connectivity index (χ2n) is 5.10. The van der Waals surface area contributed by atoms with Gasteiger partial charge in [0, 0.05) is 18.1 Å². The van der Waals surface area contributed by atoms with Crippen LogP contribution in [0, 0.1) is 5.41 Å². The fourth-order valence-electron chi connectivity index (χ4n) is 1.67. The molecule has 0 saturated heterocycles. The van der Waals surface area contributed by atoms with Crippen LogP contribution >= 0.6 is 11.6 Å². The van der Waals surface area contributed by atoms with E-state index >= 15 is 0 Å². The third kappa shape index (κ3) is 5.61. The van der Waals surface area contributed by atoms with Crippen LogP contribution < -0.4 is 10.6 Å². The summed E-state index contributed by atoms with van der Waals surface area (Å²) in [4.78, 5) is 33.5. The lowest BCUT2D eigenvalue weighted by molar-refractivity contribution is -0.154. The van der Waals surface area contributed by atoms with Crippen molar-refractivity contribution in [2.45, 2.75) is 19.9 Å². The molecule has 0 aliphatic rings. The van der Waals surface area contributed by atoms with Crippen LogP contribution in [0.5, 0.6) is 0 Å². The van der Waals surface area contributed by atoms with Crippen LogP contribution in [0.4, 0.5) is 4.79 Å². The van der Waals surface area contributed by atoms with Gasteiger partial charge in [-0.05, 0) is 24.6 Å². The van der Waals surface area contributed by atoms with Crippen molar-refractivity contribution in [3.63, 3.8) is 0 Å². The lowest BCUT2D eigenvalue weighted by Gasteiger charge is -2.23. The van der Waals surface area contributed by atoms with Gasteiger partial charge in [-0.3, -0.25) is 9.59 Å². The predicted octanol–water partition coefficient (Wildman–Crippen LogP) is 1.70. The Balaban J connectivity index is 2.48. The van der Waals surface area contributed by atoms with Crippen LogP contribution in [0.3, 0.4) is 0 Å². The van der Waals surface area contributed by atoms with Crippen molar-refractivity contribution < 1.29 is 24.6 Å². The van der Waals surface area contributed by atoms with Gasteiger partial charge in [0.2, 0.25) is 0 Å². The summed E-state index contributed by atoms with van der Waals surface area (Å²) in [6.45, 7) is 1.22. The third-order valence-corrected chi connectivity index (χ3v) is 3.32. The molecular weight excluding hydrogens is 312 g/mol. The Bertz CT molecular complexity index is 561. The second kappa shape index (κ2) is 7.65. The molecule has 120 valence electrons. The SMILES string of the molecule is CC(CNC(=O)NCc1ccc(Cl)cc1)(CC(=O)O)C(=O)O. The fraction of sp³-hybridized carbons (Fsp3) is 0.357. The van der Waals surface area contributed by atoms with Gasteiger partial charge in [-0.25, -0.2) is 4.79 Å². The highest BCUT2D eigenvalue weighted by atomic mass is 35.5. The van der Waals surface area contributed by atoms with Crippen LogP contribution in [0.15, 0.2) is 24.3 Å². The molecule has 0 spiro atoms. The quantitative estimate of drug-likeness (QED) is 0.608. The maximum Gasteiger partial charge on any atom is 0.315 e. The number of carbonyl (C=O) groups excluding carboxylic acids is 1. The number of carboxylic acid groups (broad SMARTS) is 2. The van der Waals surface area contributed by atoms with Crippen LogP contribution in [0.2, 0.25) is 5.02 Å². The average Bonchev–Trinajstić information content (AvgIpc) is 2.43. The molecule has 1 aromatic rings. The molecule has 0 aromatic heterocycles. The zero-order valence-electron chi connectivity index (χ0n) is 11.9. The predicted molar refractivity (Wildman–Crippen MR) is 79.7 cm³/mol. The number of amides is 2. The number of rotatable bonds is 7. The number of aliphatic carboxylic acids is 2. The van der Waals surface area contributed by atoms with Crippen LogP contribution in [0.25, 0.3) is 0 Å². The highest BCUT2D eigenvalue weighted by Crippen LogP contribution is 2.20. The Morgan fingerprint density at radius 1 is 1.14 bits per heavy atom. The average molecular weight is 329 g/mol. The molecule has 0 fully saturated rings. The number of benzene rings is 1. The standard InChI is InChI=1S/C14H17ClN2O5/c1-14(12(20)21,6-11(18)19)8-17-13(22)16-7-9-2-4-10(15)5-3-9/h2-5H,6-8H2,1H3,(H,18,19)(H,20,21)(H2,16,17,22). The van der Waals surface area contributed by atoms with Gasteiger partial charge >= 0.3 is 18.0 Å². The van der Waals surface area contributed by atoms with Gasteiger partial charge < -0.3 is 20.8 Å². The minimum absolute atomic E-state index is 0.242. The molecular formula is C14H17ClN2O5. The van der Waals surface area contributed by atoms with Gasteiger partial charge in [-0.1, -0.05) is 23.7 Å². The molecule has 8 heteroatoms. The number of carbonyl (C=O) groups is 3. The molecule has 0 bridgehead atoms. The van der Waals surface area contributed by atoms with E-state index in [0.29, 0.717) is 5.02 Å². The smallest absolute Gasteiger partial charge is 0.315 e. The minimum atomic E-state index is -1.57. The molecule has 7 nitrogen and oxygen atoms in total. The van der Waals surface area contributed by atoms with Crippen molar-refractivity contribution in [2.24, 2.45) is 5.41 Å². The summed E-state index contributed by atoms with van der Waals surface area (Å²) in [7, 11) is 0.